The second kappa shape index (κ2) is 7.07. The van der Waals surface area contributed by atoms with Gasteiger partial charge in [0.15, 0.2) is 0 Å². The van der Waals surface area contributed by atoms with Gasteiger partial charge in [-0.05, 0) is 31.9 Å². The Balaban J connectivity index is 3.45. The zero-order chi connectivity index (χ0) is 19.6. The van der Waals surface area contributed by atoms with Gasteiger partial charge in [0.25, 0.3) is 5.60 Å². The van der Waals surface area contributed by atoms with Gasteiger partial charge in [-0.25, -0.2) is 0 Å². The van der Waals surface area contributed by atoms with Crippen LogP contribution in [0.1, 0.15) is 31.9 Å². The minimum Gasteiger partial charge on any atom is -0.369 e. The number of allylic oxidation sites excluding steroid dienone is 5. The summed E-state index contributed by atoms with van der Waals surface area (Å²) < 4.78 is 77.3. The fourth-order valence-electron chi connectivity index (χ4n) is 2.11. The van der Waals surface area contributed by atoms with Crippen LogP contribution >= 0.6 is 0 Å². The highest BCUT2D eigenvalue weighted by molar-refractivity contribution is 5.79. The van der Waals surface area contributed by atoms with Crippen molar-refractivity contribution in [2.75, 3.05) is 0 Å². The molecule has 1 N–H and O–H groups in total. The van der Waals surface area contributed by atoms with Crippen molar-refractivity contribution in [1.82, 2.24) is 0 Å². The molecule has 25 heavy (non-hydrogen) atoms. The molecule has 0 bridgehead atoms. The zero-order valence-corrected chi connectivity index (χ0v) is 13.9. The lowest BCUT2D eigenvalue weighted by Gasteiger charge is -2.32. The lowest BCUT2D eigenvalue weighted by Crippen LogP contribution is -2.53. The van der Waals surface area contributed by atoms with Crippen molar-refractivity contribution in [3.8, 4) is 0 Å². The number of hydrogen-bond acceptors (Lipinski definition) is 1. The minimum absolute atomic E-state index is 0.389. The number of alkyl halides is 6. The summed E-state index contributed by atoms with van der Waals surface area (Å²) in [5.41, 5.74) is -3.72. The summed E-state index contributed by atoms with van der Waals surface area (Å²) in [4.78, 5) is 0. The van der Waals surface area contributed by atoms with Crippen molar-refractivity contribution in [3.05, 3.63) is 65.3 Å². The SMILES string of the molecule is C=C(C)/C(=C\C=C(C)C)c1ccc(C(O)(C(F)(F)F)C(F)(F)F)cc1. The fraction of sp³-hybridized carbons (Fsp3) is 0.333. The molecule has 1 aromatic rings. The van der Waals surface area contributed by atoms with Crippen LogP contribution in [0, 0.1) is 0 Å². The van der Waals surface area contributed by atoms with Crippen molar-refractivity contribution in [3.63, 3.8) is 0 Å². The van der Waals surface area contributed by atoms with Gasteiger partial charge in [0, 0.05) is 5.56 Å². The van der Waals surface area contributed by atoms with Crippen molar-refractivity contribution in [1.29, 1.82) is 0 Å². The quantitative estimate of drug-likeness (QED) is 0.519. The number of halogens is 6. The Bertz CT molecular complexity index is 672. The highest BCUT2D eigenvalue weighted by Gasteiger charge is 2.71. The van der Waals surface area contributed by atoms with E-state index in [9.17, 15) is 31.4 Å². The maximum atomic E-state index is 12.9. The summed E-state index contributed by atoms with van der Waals surface area (Å²) in [6, 6.07) is 3.43. The summed E-state index contributed by atoms with van der Waals surface area (Å²) >= 11 is 0. The zero-order valence-electron chi connectivity index (χ0n) is 13.9. The van der Waals surface area contributed by atoms with E-state index in [0.29, 0.717) is 28.8 Å². The maximum Gasteiger partial charge on any atom is 0.430 e. The third kappa shape index (κ3) is 4.34. The first-order valence-electron chi connectivity index (χ1n) is 7.19. The molecular weight excluding hydrogens is 346 g/mol. The fourth-order valence-corrected chi connectivity index (χ4v) is 2.11. The Kier molecular flexibility index (Phi) is 5.95. The number of aliphatic hydroxyl groups is 1. The van der Waals surface area contributed by atoms with Crippen LogP contribution in [0.25, 0.3) is 5.57 Å². The van der Waals surface area contributed by atoms with E-state index < -0.39 is 23.5 Å². The predicted octanol–water partition coefficient (Wildman–Crippen LogP) is 5.92. The van der Waals surface area contributed by atoms with Crippen molar-refractivity contribution in [2.24, 2.45) is 0 Å². The van der Waals surface area contributed by atoms with E-state index in [0.717, 1.165) is 17.7 Å². The van der Waals surface area contributed by atoms with Gasteiger partial charge in [-0.15, -0.1) is 0 Å². The van der Waals surface area contributed by atoms with Crippen LogP contribution in [0.4, 0.5) is 26.3 Å². The molecule has 0 atom stereocenters. The molecular formula is C18H18F6O. The molecule has 0 unspecified atom stereocenters. The van der Waals surface area contributed by atoms with E-state index in [2.05, 4.69) is 6.58 Å². The molecule has 0 aromatic heterocycles. The molecule has 0 amide bonds. The summed E-state index contributed by atoms with van der Waals surface area (Å²) in [7, 11) is 0. The molecule has 0 aliphatic rings. The third-order valence-electron chi connectivity index (χ3n) is 3.48. The molecule has 0 radical (unpaired) electrons. The summed E-state index contributed by atoms with van der Waals surface area (Å²) in [6.07, 6.45) is -8.38. The largest absolute Gasteiger partial charge is 0.430 e. The van der Waals surface area contributed by atoms with Gasteiger partial charge in [-0.2, -0.15) is 26.3 Å². The number of benzene rings is 1. The van der Waals surface area contributed by atoms with E-state index >= 15 is 0 Å². The molecule has 0 saturated carbocycles. The van der Waals surface area contributed by atoms with Gasteiger partial charge >= 0.3 is 12.4 Å². The second-order valence-electron chi connectivity index (χ2n) is 5.89. The van der Waals surface area contributed by atoms with Gasteiger partial charge in [0.2, 0.25) is 0 Å². The lowest BCUT2D eigenvalue weighted by molar-refractivity contribution is -0.376. The van der Waals surface area contributed by atoms with E-state index in [-0.39, 0.29) is 0 Å². The highest BCUT2D eigenvalue weighted by atomic mass is 19.4. The van der Waals surface area contributed by atoms with Crippen molar-refractivity contribution in [2.45, 2.75) is 38.7 Å². The van der Waals surface area contributed by atoms with E-state index in [4.69, 9.17) is 0 Å². The normalized spacial score (nSPS) is 13.6. The van der Waals surface area contributed by atoms with Gasteiger partial charge < -0.3 is 5.11 Å². The average Bonchev–Trinajstić information content (AvgIpc) is 2.44. The molecule has 138 valence electrons. The summed E-state index contributed by atoms with van der Waals surface area (Å²) in [6.45, 7) is 9.09. The van der Waals surface area contributed by atoms with Crippen molar-refractivity contribution < 1.29 is 31.4 Å². The smallest absolute Gasteiger partial charge is 0.369 e. The topological polar surface area (TPSA) is 20.2 Å². The first-order valence-corrected chi connectivity index (χ1v) is 7.19. The van der Waals surface area contributed by atoms with Crippen molar-refractivity contribution >= 4 is 5.57 Å². The molecule has 0 aliphatic carbocycles. The summed E-state index contributed by atoms with van der Waals surface area (Å²) in [5, 5.41) is 9.38. The minimum atomic E-state index is -5.90. The Morgan fingerprint density at radius 1 is 0.880 bits per heavy atom. The highest BCUT2D eigenvalue weighted by Crippen LogP contribution is 2.50. The van der Waals surface area contributed by atoms with Crippen LogP contribution in [0.5, 0.6) is 0 Å². The van der Waals surface area contributed by atoms with Gasteiger partial charge in [-0.1, -0.05) is 54.1 Å². The average molecular weight is 364 g/mol. The lowest BCUT2D eigenvalue weighted by atomic mass is 9.89. The van der Waals surface area contributed by atoms with Crippen LogP contribution in [-0.4, -0.2) is 17.5 Å². The monoisotopic (exact) mass is 364 g/mol. The standard InChI is InChI=1S/C18H18F6O/c1-11(2)5-10-15(12(3)4)13-6-8-14(9-7-13)16(25,17(19,20)21)18(22,23)24/h5-10,25H,3H2,1-2,4H3/b15-10+. The number of rotatable bonds is 4. The van der Waals surface area contributed by atoms with Crippen LogP contribution in [0.15, 0.2) is 54.1 Å². The molecule has 7 heteroatoms. The molecule has 0 fully saturated rings. The van der Waals surface area contributed by atoms with E-state index in [1.807, 2.05) is 13.8 Å². The Labute approximate surface area is 142 Å². The van der Waals surface area contributed by atoms with Crippen LogP contribution in [-0.2, 0) is 5.60 Å². The first kappa shape index (κ1) is 21.0. The van der Waals surface area contributed by atoms with Gasteiger partial charge in [-0.3, -0.25) is 0 Å². The van der Waals surface area contributed by atoms with Gasteiger partial charge in [0.1, 0.15) is 0 Å². The Morgan fingerprint density at radius 3 is 1.64 bits per heavy atom. The molecule has 0 aliphatic heterocycles. The van der Waals surface area contributed by atoms with Crippen LogP contribution in [0.3, 0.4) is 0 Å². The molecule has 0 heterocycles. The summed E-state index contributed by atoms with van der Waals surface area (Å²) in [5.74, 6) is 0. The molecule has 0 saturated heterocycles. The molecule has 0 spiro atoms. The third-order valence-corrected chi connectivity index (χ3v) is 3.48. The van der Waals surface area contributed by atoms with Crippen LogP contribution in [0.2, 0.25) is 0 Å². The molecule has 1 aromatic carbocycles. The Morgan fingerprint density at radius 2 is 1.32 bits per heavy atom. The maximum absolute atomic E-state index is 12.9. The predicted molar refractivity (Wildman–Crippen MR) is 84.7 cm³/mol. The first-order chi connectivity index (χ1) is 11.2. The molecule has 1 rings (SSSR count). The van der Waals surface area contributed by atoms with E-state index in [1.165, 1.54) is 0 Å². The molecule has 1 nitrogen and oxygen atoms in total. The Hall–Kier alpha value is -2.02. The van der Waals surface area contributed by atoms with E-state index in [1.54, 1.807) is 19.1 Å². The van der Waals surface area contributed by atoms with Gasteiger partial charge in [0.05, 0.1) is 0 Å². The second-order valence-corrected chi connectivity index (χ2v) is 5.89. The van der Waals surface area contributed by atoms with Crippen LogP contribution < -0.4 is 0 Å². The number of hydrogen-bond donors (Lipinski definition) is 1.